The topological polar surface area (TPSA) is 35.5 Å². The molecule has 0 bridgehead atoms. The predicted octanol–water partition coefficient (Wildman–Crippen LogP) is 5.03. The standard InChI is InChI=1S/C17H17O3P/c1-2-19-21(18)13-16(14-9-5-3-6-10-14)17(20-21)15-11-7-4-8-12-15/h3-13,17H,2H2,1H3. The quantitative estimate of drug-likeness (QED) is 0.743. The van der Waals surface area contributed by atoms with Crippen molar-refractivity contribution in [2.75, 3.05) is 6.61 Å². The molecular weight excluding hydrogens is 283 g/mol. The van der Waals surface area contributed by atoms with E-state index in [1.54, 1.807) is 5.82 Å². The summed E-state index contributed by atoms with van der Waals surface area (Å²) < 4.78 is 23.8. The lowest BCUT2D eigenvalue weighted by atomic mass is 9.97. The van der Waals surface area contributed by atoms with Crippen LogP contribution in [0.25, 0.3) is 5.57 Å². The van der Waals surface area contributed by atoms with Gasteiger partial charge in [0.2, 0.25) is 0 Å². The van der Waals surface area contributed by atoms with Crippen molar-refractivity contribution in [1.29, 1.82) is 0 Å². The number of hydrogen-bond donors (Lipinski definition) is 0. The summed E-state index contributed by atoms with van der Waals surface area (Å²) in [5, 5.41) is 0. The van der Waals surface area contributed by atoms with Crippen LogP contribution in [-0.2, 0) is 13.6 Å². The monoisotopic (exact) mass is 300 g/mol. The van der Waals surface area contributed by atoms with Crippen LogP contribution >= 0.6 is 7.60 Å². The SMILES string of the molecule is CCOP1(=O)C=C(c2ccccc2)C(c2ccccc2)O1. The Morgan fingerprint density at radius 3 is 2.29 bits per heavy atom. The highest BCUT2D eigenvalue weighted by Gasteiger charge is 2.37. The van der Waals surface area contributed by atoms with Crippen molar-refractivity contribution >= 4 is 13.2 Å². The number of hydrogen-bond acceptors (Lipinski definition) is 3. The summed E-state index contributed by atoms with van der Waals surface area (Å²) in [6.07, 6.45) is -0.356. The van der Waals surface area contributed by atoms with E-state index >= 15 is 0 Å². The average molecular weight is 300 g/mol. The lowest BCUT2D eigenvalue weighted by molar-refractivity contribution is 0.201. The molecule has 2 unspecified atom stereocenters. The molecule has 1 heterocycles. The fourth-order valence-electron chi connectivity index (χ4n) is 2.44. The molecule has 3 nitrogen and oxygen atoms in total. The van der Waals surface area contributed by atoms with Gasteiger partial charge in [0.05, 0.1) is 6.61 Å². The molecule has 0 saturated carbocycles. The van der Waals surface area contributed by atoms with Crippen LogP contribution in [0.4, 0.5) is 0 Å². The van der Waals surface area contributed by atoms with E-state index in [1.807, 2.05) is 67.6 Å². The van der Waals surface area contributed by atoms with E-state index in [0.29, 0.717) is 6.61 Å². The second-order valence-corrected chi connectivity index (χ2v) is 6.61. The Labute approximate surface area is 124 Å². The van der Waals surface area contributed by atoms with Crippen LogP contribution in [0.2, 0.25) is 0 Å². The van der Waals surface area contributed by atoms with E-state index in [-0.39, 0.29) is 6.10 Å². The highest BCUT2D eigenvalue weighted by Crippen LogP contribution is 2.63. The molecule has 0 aliphatic carbocycles. The van der Waals surface area contributed by atoms with Crippen molar-refractivity contribution in [3.05, 3.63) is 77.6 Å². The molecule has 3 rings (SSSR count). The lowest BCUT2D eigenvalue weighted by Gasteiger charge is -2.16. The fourth-order valence-corrected chi connectivity index (χ4v) is 4.16. The van der Waals surface area contributed by atoms with Crippen LogP contribution in [0.3, 0.4) is 0 Å². The maximum absolute atomic E-state index is 12.7. The summed E-state index contributed by atoms with van der Waals surface area (Å²) in [7, 11) is -3.18. The molecule has 4 heteroatoms. The zero-order valence-corrected chi connectivity index (χ0v) is 12.7. The summed E-state index contributed by atoms with van der Waals surface area (Å²) in [6, 6.07) is 19.7. The maximum Gasteiger partial charge on any atom is 0.355 e. The van der Waals surface area contributed by atoms with Gasteiger partial charge >= 0.3 is 7.60 Å². The van der Waals surface area contributed by atoms with Crippen molar-refractivity contribution in [1.82, 2.24) is 0 Å². The van der Waals surface area contributed by atoms with Crippen molar-refractivity contribution < 1.29 is 13.6 Å². The maximum atomic E-state index is 12.7. The van der Waals surface area contributed by atoms with E-state index in [9.17, 15) is 4.57 Å². The molecule has 21 heavy (non-hydrogen) atoms. The highest BCUT2D eigenvalue weighted by molar-refractivity contribution is 7.57. The first-order valence-corrected chi connectivity index (χ1v) is 8.59. The van der Waals surface area contributed by atoms with Crippen LogP contribution in [-0.4, -0.2) is 6.61 Å². The first-order valence-electron chi connectivity index (χ1n) is 6.97. The molecule has 2 aromatic rings. The van der Waals surface area contributed by atoms with E-state index in [0.717, 1.165) is 16.7 Å². The van der Waals surface area contributed by atoms with Crippen molar-refractivity contribution in [3.8, 4) is 0 Å². The molecule has 0 amide bonds. The molecule has 0 saturated heterocycles. The lowest BCUT2D eigenvalue weighted by Crippen LogP contribution is -2.00. The molecule has 0 fully saturated rings. The van der Waals surface area contributed by atoms with Crippen LogP contribution in [0.1, 0.15) is 24.2 Å². The summed E-state index contributed by atoms with van der Waals surface area (Å²) in [6.45, 7) is 2.17. The Balaban J connectivity index is 2.04. The van der Waals surface area contributed by atoms with Gasteiger partial charge in [-0.25, -0.2) is 0 Å². The molecule has 2 atom stereocenters. The van der Waals surface area contributed by atoms with Gasteiger partial charge in [-0.05, 0) is 18.1 Å². The van der Waals surface area contributed by atoms with Crippen LogP contribution in [0.5, 0.6) is 0 Å². The van der Waals surface area contributed by atoms with Crippen molar-refractivity contribution in [2.45, 2.75) is 13.0 Å². The summed E-state index contributed by atoms with van der Waals surface area (Å²) in [5.74, 6) is 1.66. The summed E-state index contributed by atoms with van der Waals surface area (Å²) >= 11 is 0. The zero-order valence-electron chi connectivity index (χ0n) is 11.8. The normalized spacial score (nSPS) is 24.8. The Kier molecular flexibility index (Phi) is 4.07. The zero-order chi connectivity index (χ0) is 14.7. The van der Waals surface area contributed by atoms with Gasteiger partial charge in [-0.2, -0.15) is 0 Å². The molecule has 0 N–H and O–H groups in total. The largest absolute Gasteiger partial charge is 0.355 e. The van der Waals surface area contributed by atoms with Gasteiger partial charge < -0.3 is 4.52 Å². The second kappa shape index (κ2) is 5.98. The van der Waals surface area contributed by atoms with E-state index < -0.39 is 7.60 Å². The highest BCUT2D eigenvalue weighted by atomic mass is 31.2. The second-order valence-electron chi connectivity index (χ2n) is 4.80. The summed E-state index contributed by atoms with van der Waals surface area (Å²) in [5.41, 5.74) is 2.88. The van der Waals surface area contributed by atoms with Crippen molar-refractivity contribution in [3.63, 3.8) is 0 Å². The first kappa shape index (κ1) is 14.3. The minimum absolute atomic E-state index is 0.356. The smallest absolute Gasteiger partial charge is 0.306 e. The van der Waals surface area contributed by atoms with Gasteiger partial charge in [0, 0.05) is 11.4 Å². The minimum Gasteiger partial charge on any atom is -0.306 e. The molecule has 1 aliphatic heterocycles. The predicted molar refractivity (Wildman–Crippen MR) is 83.9 cm³/mol. The van der Waals surface area contributed by atoms with Gasteiger partial charge in [-0.15, -0.1) is 0 Å². The van der Waals surface area contributed by atoms with Crippen LogP contribution < -0.4 is 0 Å². The van der Waals surface area contributed by atoms with Gasteiger partial charge in [0.25, 0.3) is 0 Å². The Hall–Kier alpha value is -1.67. The Morgan fingerprint density at radius 2 is 1.67 bits per heavy atom. The third-order valence-corrected chi connectivity index (χ3v) is 5.07. The third-order valence-electron chi connectivity index (χ3n) is 3.35. The molecule has 1 aliphatic rings. The van der Waals surface area contributed by atoms with Crippen molar-refractivity contribution in [2.24, 2.45) is 0 Å². The average Bonchev–Trinajstić information content (AvgIpc) is 2.87. The molecule has 108 valence electrons. The summed E-state index contributed by atoms with van der Waals surface area (Å²) in [4.78, 5) is 0. The minimum atomic E-state index is -3.18. The Morgan fingerprint density at radius 1 is 1.05 bits per heavy atom. The van der Waals surface area contributed by atoms with E-state index in [2.05, 4.69) is 0 Å². The molecular formula is C17H17O3P. The molecule has 0 radical (unpaired) electrons. The number of rotatable bonds is 4. The molecule has 2 aromatic carbocycles. The molecule has 0 spiro atoms. The van der Waals surface area contributed by atoms with Gasteiger partial charge in [-0.3, -0.25) is 9.09 Å². The third kappa shape index (κ3) is 3.01. The van der Waals surface area contributed by atoms with Crippen LogP contribution in [0, 0.1) is 0 Å². The Bertz CT molecular complexity index is 680. The van der Waals surface area contributed by atoms with E-state index in [1.165, 1.54) is 0 Å². The number of benzene rings is 2. The van der Waals surface area contributed by atoms with Gasteiger partial charge in [0.15, 0.2) is 0 Å². The first-order chi connectivity index (χ1) is 10.2. The fraction of sp³-hybridized carbons (Fsp3) is 0.176. The van der Waals surface area contributed by atoms with Gasteiger partial charge in [-0.1, -0.05) is 60.7 Å². The van der Waals surface area contributed by atoms with Crippen LogP contribution in [0.15, 0.2) is 66.5 Å². The van der Waals surface area contributed by atoms with Gasteiger partial charge in [0.1, 0.15) is 6.10 Å². The van der Waals surface area contributed by atoms with E-state index in [4.69, 9.17) is 9.05 Å². The molecule has 0 aromatic heterocycles.